The maximum absolute atomic E-state index is 12.9. The number of aliphatic carboxylic acids is 2. The van der Waals surface area contributed by atoms with E-state index >= 15 is 0 Å². The quantitative estimate of drug-likeness (QED) is 0.0906. The van der Waals surface area contributed by atoms with Crippen LogP contribution in [0.2, 0.25) is 0 Å². The molecule has 0 heterocycles. The van der Waals surface area contributed by atoms with E-state index < -0.39 is 53.8 Å². The summed E-state index contributed by atoms with van der Waals surface area (Å²) >= 11 is 3.92. The van der Waals surface area contributed by atoms with Gasteiger partial charge in [0.05, 0.1) is 6.04 Å². The zero-order valence-electron chi connectivity index (χ0n) is 19.1. The Morgan fingerprint density at radius 2 is 1.39 bits per heavy atom. The van der Waals surface area contributed by atoms with Crippen molar-refractivity contribution in [3.05, 3.63) is 0 Å². The Balaban J connectivity index is 5.39. The van der Waals surface area contributed by atoms with Crippen LogP contribution in [0, 0.1) is 5.92 Å². The predicted molar refractivity (Wildman–Crippen MR) is 124 cm³/mol. The maximum Gasteiger partial charge on any atom is 0.327 e. The van der Waals surface area contributed by atoms with E-state index in [1.54, 1.807) is 0 Å². The molecule has 13 heteroatoms. The lowest BCUT2D eigenvalue weighted by Crippen LogP contribution is -2.57. The van der Waals surface area contributed by atoms with Gasteiger partial charge in [0.25, 0.3) is 0 Å². The largest absolute Gasteiger partial charge is 0.481 e. The molecule has 0 saturated heterocycles. The van der Waals surface area contributed by atoms with E-state index in [0.717, 1.165) is 0 Å². The molecule has 190 valence electrons. The third kappa shape index (κ3) is 13.0. The molecular weight excluding hydrogens is 454 g/mol. The molecule has 4 unspecified atom stereocenters. The number of carbonyl (C=O) groups excluding carboxylic acids is 3. The van der Waals surface area contributed by atoms with E-state index in [-0.39, 0.29) is 37.4 Å². The molecular formula is C20H37N5O7S. The van der Waals surface area contributed by atoms with Crippen LogP contribution in [-0.2, 0) is 24.0 Å². The molecule has 0 aromatic heterocycles. The van der Waals surface area contributed by atoms with Gasteiger partial charge in [-0.05, 0) is 44.6 Å². The third-order valence-electron chi connectivity index (χ3n) is 4.72. The summed E-state index contributed by atoms with van der Waals surface area (Å²) in [5.74, 6) is -4.48. The Labute approximate surface area is 199 Å². The Morgan fingerprint density at radius 3 is 1.88 bits per heavy atom. The summed E-state index contributed by atoms with van der Waals surface area (Å²) in [5, 5.41) is 25.4. The number of carboxylic acid groups (broad SMARTS) is 2. The number of nitrogens with two attached hydrogens (primary N) is 2. The minimum atomic E-state index is -1.25. The van der Waals surface area contributed by atoms with Crippen LogP contribution >= 0.6 is 12.6 Å². The highest BCUT2D eigenvalue weighted by Gasteiger charge is 2.30. The molecule has 0 aromatic carbocycles. The number of unbranched alkanes of at least 4 members (excludes halogenated alkanes) is 1. The first-order chi connectivity index (χ1) is 15.4. The SMILES string of the molecule is CC(C)CC(NC(=O)C(CCCCN)NC(=O)C(N)CCC(=O)O)C(=O)NC(CS)C(=O)O. The van der Waals surface area contributed by atoms with Crippen molar-refractivity contribution in [3.63, 3.8) is 0 Å². The number of hydrogen-bond donors (Lipinski definition) is 8. The topological polar surface area (TPSA) is 214 Å². The van der Waals surface area contributed by atoms with Crippen LogP contribution in [-0.4, -0.2) is 76.3 Å². The van der Waals surface area contributed by atoms with E-state index in [1.165, 1.54) is 0 Å². The van der Waals surface area contributed by atoms with Crippen molar-refractivity contribution in [1.82, 2.24) is 16.0 Å². The summed E-state index contributed by atoms with van der Waals surface area (Å²) in [5.41, 5.74) is 11.2. The van der Waals surface area contributed by atoms with E-state index in [4.69, 9.17) is 21.7 Å². The lowest BCUT2D eigenvalue weighted by atomic mass is 10.0. The third-order valence-corrected chi connectivity index (χ3v) is 5.09. The van der Waals surface area contributed by atoms with Gasteiger partial charge in [-0.15, -0.1) is 0 Å². The average molecular weight is 492 g/mol. The van der Waals surface area contributed by atoms with Crippen molar-refractivity contribution in [2.45, 2.75) is 76.5 Å². The molecule has 0 bridgehead atoms. The maximum atomic E-state index is 12.9. The first-order valence-corrected chi connectivity index (χ1v) is 11.5. The highest BCUT2D eigenvalue weighted by Crippen LogP contribution is 2.09. The molecule has 3 amide bonds. The van der Waals surface area contributed by atoms with Crippen LogP contribution in [0.15, 0.2) is 0 Å². The van der Waals surface area contributed by atoms with E-state index in [1.807, 2.05) is 13.8 Å². The second-order valence-corrected chi connectivity index (χ2v) is 8.52. The van der Waals surface area contributed by atoms with Crippen LogP contribution < -0.4 is 27.4 Å². The summed E-state index contributed by atoms with van der Waals surface area (Å²) in [7, 11) is 0. The molecule has 0 rings (SSSR count). The number of hydrogen-bond acceptors (Lipinski definition) is 8. The fourth-order valence-corrected chi connectivity index (χ4v) is 3.13. The number of thiol groups is 1. The lowest BCUT2D eigenvalue weighted by molar-refractivity contribution is -0.141. The Hall–Kier alpha value is -2.38. The second-order valence-electron chi connectivity index (χ2n) is 8.16. The Morgan fingerprint density at radius 1 is 0.848 bits per heavy atom. The van der Waals surface area contributed by atoms with Gasteiger partial charge in [0.1, 0.15) is 18.1 Å². The fourth-order valence-electron chi connectivity index (χ4n) is 2.88. The van der Waals surface area contributed by atoms with Gasteiger partial charge in [-0.3, -0.25) is 19.2 Å². The van der Waals surface area contributed by atoms with Gasteiger partial charge in [0.2, 0.25) is 17.7 Å². The summed E-state index contributed by atoms with van der Waals surface area (Å²) in [6, 6.07) is -4.40. The van der Waals surface area contributed by atoms with Crippen molar-refractivity contribution >= 4 is 42.3 Å². The van der Waals surface area contributed by atoms with Gasteiger partial charge in [-0.25, -0.2) is 4.79 Å². The standard InChI is InChI=1S/C20H37N5O7S/c1-11(2)9-14(19(30)25-15(10-33)20(31)32)24-18(29)13(5-3-4-8-21)23-17(28)12(22)6-7-16(26)27/h11-15,33H,3-10,21-22H2,1-2H3,(H,23,28)(H,24,29)(H,25,30)(H,26,27)(H,31,32). The highest BCUT2D eigenvalue weighted by molar-refractivity contribution is 7.80. The van der Waals surface area contributed by atoms with Gasteiger partial charge in [-0.1, -0.05) is 13.8 Å². The lowest BCUT2D eigenvalue weighted by Gasteiger charge is -2.26. The highest BCUT2D eigenvalue weighted by atomic mass is 32.1. The fraction of sp³-hybridized carbons (Fsp3) is 0.750. The van der Waals surface area contributed by atoms with Crippen LogP contribution in [0.25, 0.3) is 0 Å². The minimum absolute atomic E-state index is 0.00458. The second kappa shape index (κ2) is 16.3. The van der Waals surface area contributed by atoms with Gasteiger partial charge in [-0.2, -0.15) is 12.6 Å². The van der Waals surface area contributed by atoms with E-state index in [2.05, 4.69) is 28.6 Å². The van der Waals surface area contributed by atoms with Crippen molar-refractivity contribution in [2.75, 3.05) is 12.3 Å². The Kier molecular flexibility index (Phi) is 15.1. The summed E-state index contributed by atoms with van der Waals surface area (Å²) in [6.45, 7) is 4.06. The zero-order valence-corrected chi connectivity index (χ0v) is 20.0. The molecule has 0 saturated carbocycles. The molecule has 0 spiro atoms. The summed E-state index contributed by atoms with van der Waals surface area (Å²) in [4.78, 5) is 59.9. The molecule has 0 radical (unpaired) electrons. The van der Waals surface area contributed by atoms with Crippen molar-refractivity contribution < 1.29 is 34.2 Å². The van der Waals surface area contributed by atoms with Crippen LogP contribution in [0.5, 0.6) is 0 Å². The monoisotopic (exact) mass is 491 g/mol. The molecule has 4 atom stereocenters. The van der Waals surface area contributed by atoms with Crippen molar-refractivity contribution in [1.29, 1.82) is 0 Å². The van der Waals surface area contributed by atoms with Gasteiger partial charge in [0.15, 0.2) is 0 Å². The molecule has 12 nitrogen and oxygen atoms in total. The van der Waals surface area contributed by atoms with Crippen molar-refractivity contribution in [3.8, 4) is 0 Å². The van der Waals surface area contributed by atoms with E-state index in [0.29, 0.717) is 19.4 Å². The first kappa shape index (κ1) is 30.6. The van der Waals surface area contributed by atoms with Crippen LogP contribution in [0.1, 0.15) is 52.4 Å². The van der Waals surface area contributed by atoms with Crippen LogP contribution in [0.4, 0.5) is 0 Å². The number of amides is 3. The zero-order chi connectivity index (χ0) is 25.6. The number of rotatable bonds is 17. The number of carbonyl (C=O) groups is 5. The average Bonchev–Trinajstić information content (AvgIpc) is 2.73. The normalized spacial score (nSPS) is 14.6. The number of carboxylic acids is 2. The molecule has 0 aliphatic carbocycles. The molecule has 0 fully saturated rings. The molecule has 33 heavy (non-hydrogen) atoms. The van der Waals surface area contributed by atoms with E-state index in [9.17, 15) is 24.0 Å². The molecule has 0 aliphatic heterocycles. The predicted octanol–water partition coefficient (Wildman–Crippen LogP) is -1.18. The molecule has 0 aliphatic rings. The van der Waals surface area contributed by atoms with Gasteiger partial charge >= 0.3 is 11.9 Å². The minimum Gasteiger partial charge on any atom is -0.481 e. The summed E-state index contributed by atoms with van der Waals surface area (Å²) < 4.78 is 0. The van der Waals surface area contributed by atoms with Gasteiger partial charge < -0.3 is 37.6 Å². The van der Waals surface area contributed by atoms with Crippen molar-refractivity contribution in [2.24, 2.45) is 17.4 Å². The van der Waals surface area contributed by atoms with Gasteiger partial charge in [0, 0.05) is 12.2 Å². The molecule has 0 aromatic rings. The summed E-state index contributed by atoms with van der Waals surface area (Å²) in [6.07, 6.45) is 1.18. The van der Waals surface area contributed by atoms with Crippen LogP contribution in [0.3, 0.4) is 0 Å². The smallest absolute Gasteiger partial charge is 0.327 e. The Bertz CT molecular complexity index is 677. The number of nitrogens with one attached hydrogen (secondary N) is 3. The molecule has 9 N–H and O–H groups in total. The first-order valence-electron chi connectivity index (χ1n) is 10.8.